The fraction of sp³-hybridized carbons (Fsp3) is 0.125. The van der Waals surface area contributed by atoms with Gasteiger partial charge in [0, 0.05) is 15.8 Å². The Morgan fingerprint density at radius 2 is 2.12 bits per heavy atom. The Kier molecular flexibility index (Phi) is 6.96. The molecule has 0 atom stereocenters. The van der Waals surface area contributed by atoms with Crippen LogP contribution < -0.4 is 10.5 Å². The summed E-state index contributed by atoms with van der Waals surface area (Å²) in [5.41, 5.74) is 7.60. The molecule has 0 amide bonds. The van der Waals surface area contributed by atoms with Crippen LogP contribution >= 0.6 is 39.3 Å². The van der Waals surface area contributed by atoms with E-state index in [9.17, 15) is 5.11 Å². The average molecular weight is 429 g/mol. The van der Waals surface area contributed by atoms with Crippen molar-refractivity contribution in [3.8, 4) is 11.5 Å². The molecule has 2 aromatic carbocycles. The summed E-state index contributed by atoms with van der Waals surface area (Å²) in [7, 11) is 1.44. The molecule has 2 aromatic rings. The number of ether oxygens (including phenoxy) is 1. The smallest absolute Gasteiger partial charge is 0.180 e. The molecule has 126 valence electrons. The molecule has 0 heterocycles. The van der Waals surface area contributed by atoms with E-state index < -0.39 is 0 Å². The van der Waals surface area contributed by atoms with Crippen LogP contribution in [0.25, 0.3) is 0 Å². The van der Waals surface area contributed by atoms with Crippen molar-refractivity contribution in [1.29, 1.82) is 0 Å². The van der Waals surface area contributed by atoms with E-state index in [1.54, 1.807) is 6.07 Å². The van der Waals surface area contributed by atoms with Crippen molar-refractivity contribution >= 4 is 50.7 Å². The van der Waals surface area contributed by atoms with Crippen LogP contribution in [-0.2, 0) is 5.75 Å². The first-order chi connectivity index (χ1) is 11.5. The first kappa shape index (κ1) is 18.6. The van der Waals surface area contributed by atoms with Gasteiger partial charge in [-0.1, -0.05) is 53.7 Å². The van der Waals surface area contributed by atoms with E-state index in [1.807, 2.05) is 30.3 Å². The Bertz CT molecular complexity index is 770. The minimum Gasteiger partial charge on any atom is -0.503 e. The van der Waals surface area contributed by atoms with Crippen LogP contribution in [0.15, 0.2) is 51.1 Å². The Morgan fingerprint density at radius 3 is 2.79 bits per heavy atom. The van der Waals surface area contributed by atoms with Crippen LogP contribution in [0.5, 0.6) is 11.5 Å². The lowest BCUT2D eigenvalue weighted by molar-refractivity contribution is 0.373. The molecule has 0 bridgehead atoms. The molecule has 0 aromatic heterocycles. The van der Waals surface area contributed by atoms with Crippen molar-refractivity contribution in [2.24, 2.45) is 15.9 Å². The lowest BCUT2D eigenvalue weighted by Gasteiger charge is -2.08. The maximum absolute atomic E-state index is 9.81. The molecule has 24 heavy (non-hydrogen) atoms. The number of nitrogens with two attached hydrogens (primary N) is 1. The first-order valence-corrected chi connectivity index (χ1v) is 8.96. The van der Waals surface area contributed by atoms with Crippen LogP contribution in [0, 0.1) is 0 Å². The van der Waals surface area contributed by atoms with Gasteiger partial charge in [-0.2, -0.15) is 5.10 Å². The molecule has 8 heteroatoms. The fourth-order valence-electron chi connectivity index (χ4n) is 1.77. The second-order valence-electron chi connectivity index (χ2n) is 4.60. The molecule has 5 nitrogen and oxygen atoms in total. The monoisotopic (exact) mass is 427 g/mol. The molecule has 0 spiro atoms. The third-order valence-corrected chi connectivity index (χ3v) is 5.28. The topological polar surface area (TPSA) is 80.2 Å². The summed E-state index contributed by atoms with van der Waals surface area (Å²) < 4.78 is 5.55. The van der Waals surface area contributed by atoms with E-state index in [1.165, 1.54) is 25.1 Å². The quantitative estimate of drug-likeness (QED) is 0.420. The first-order valence-electron chi connectivity index (χ1n) is 6.81. The summed E-state index contributed by atoms with van der Waals surface area (Å²) in [6.45, 7) is 0. The van der Waals surface area contributed by atoms with Crippen LogP contribution in [0.1, 0.15) is 11.1 Å². The largest absolute Gasteiger partial charge is 0.503 e. The third kappa shape index (κ3) is 4.90. The molecule has 2 rings (SSSR count). The summed E-state index contributed by atoms with van der Waals surface area (Å²) in [6, 6.07) is 11.5. The predicted octanol–water partition coefficient (Wildman–Crippen LogP) is 4.40. The maximum atomic E-state index is 9.81. The summed E-state index contributed by atoms with van der Waals surface area (Å²) >= 11 is 10.7. The average Bonchev–Trinajstić information content (AvgIpc) is 2.61. The van der Waals surface area contributed by atoms with Gasteiger partial charge in [-0.15, -0.1) is 5.10 Å². The van der Waals surface area contributed by atoms with Gasteiger partial charge in [0.1, 0.15) is 5.02 Å². The van der Waals surface area contributed by atoms with Crippen LogP contribution in [0.3, 0.4) is 0 Å². The number of benzene rings is 2. The van der Waals surface area contributed by atoms with E-state index >= 15 is 0 Å². The lowest BCUT2D eigenvalue weighted by Crippen LogP contribution is -2.06. The summed E-state index contributed by atoms with van der Waals surface area (Å²) in [6.07, 6.45) is 1.48. The van der Waals surface area contributed by atoms with Crippen molar-refractivity contribution in [3.05, 3.63) is 57.0 Å². The molecule has 0 saturated carbocycles. The number of hydrogen-bond donors (Lipinski definition) is 2. The van der Waals surface area contributed by atoms with E-state index in [4.69, 9.17) is 22.1 Å². The summed E-state index contributed by atoms with van der Waals surface area (Å²) in [5.74, 6) is 0.832. The zero-order valence-corrected chi connectivity index (χ0v) is 15.9. The molecule has 0 aliphatic heterocycles. The van der Waals surface area contributed by atoms with Gasteiger partial charge >= 0.3 is 0 Å². The number of phenols is 1. The van der Waals surface area contributed by atoms with E-state index in [-0.39, 0.29) is 16.5 Å². The Balaban J connectivity index is 2.06. The highest BCUT2D eigenvalue weighted by Gasteiger charge is 2.14. The van der Waals surface area contributed by atoms with Gasteiger partial charge in [-0.25, -0.2) is 0 Å². The molecule has 0 aliphatic rings. The zero-order valence-electron chi connectivity index (χ0n) is 12.7. The molecule has 0 unspecified atom stereocenters. The third-order valence-electron chi connectivity index (χ3n) is 2.98. The minimum absolute atomic E-state index is 0.135. The van der Waals surface area contributed by atoms with Crippen molar-refractivity contribution in [3.63, 3.8) is 0 Å². The highest BCUT2D eigenvalue weighted by Crippen LogP contribution is 2.40. The van der Waals surface area contributed by atoms with Crippen LogP contribution in [0.2, 0.25) is 5.02 Å². The Morgan fingerprint density at radius 1 is 1.42 bits per heavy atom. The predicted molar refractivity (Wildman–Crippen MR) is 104 cm³/mol. The van der Waals surface area contributed by atoms with Gasteiger partial charge in [-0.3, -0.25) is 0 Å². The van der Waals surface area contributed by atoms with Gasteiger partial charge in [0.25, 0.3) is 0 Å². The molecule has 0 radical (unpaired) electrons. The molecule has 0 saturated heterocycles. The minimum atomic E-state index is -0.135. The number of aromatic hydroxyl groups is 1. The van der Waals surface area contributed by atoms with Gasteiger partial charge in [-0.05, 0) is 27.6 Å². The normalized spacial score (nSPS) is 11.9. The molecule has 3 N–H and O–H groups in total. The SMILES string of the molecule is COc1cc(C=NN=C(N)SCc2ccccc2)c(Br)c(Cl)c1O. The second kappa shape index (κ2) is 8.96. The van der Waals surface area contributed by atoms with Crippen LogP contribution in [-0.4, -0.2) is 23.6 Å². The van der Waals surface area contributed by atoms with Gasteiger partial charge in [0.2, 0.25) is 0 Å². The van der Waals surface area contributed by atoms with Crippen molar-refractivity contribution in [1.82, 2.24) is 0 Å². The zero-order chi connectivity index (χ0) is 17.5. The number of thioether (sulfide) groups is 1. The number of halogens is 2. The van der Waals surface area contributed by atoms with Crippen molar-refractivity contribution in [2.75, 3.05) is 7.11 Å². The van der Waals surface area contributed by atoms with Crippen LogP contribution in [0.4, 0.5) is 0 Å². The number of methoxy groups -OCH3 is 1. The molecule has 0 fully saturated rings. The van der Waals surface area contributed by atoms with Crippen molar-refractivity contribution in [2.45, 2.75) is 5.75 Å². The van der Waals surface area contributed by atoms with E-state index in [0.717, 1.165) is 5.56 Å². The molecular formula is C16H15BrClN3O2S. The van der Waals surface area contributed by atoms with Gasteiger partial charge < -0.3 is 15.6 Å². The molecular weight excluding hydrogens is 414 g/mol. The number of hydrogen-bond acceptors (Lipinski definition) is 5. The van der Waals surface area contributed by atoms with E-state index in [2.05, 4.69) is 26.1 Å². The number of nitrogens with zero attached hydrogens (tertiary/aromatic N) is 2. The lowest BCUT2D eigenvalue weighted by atomic mass is 10.2. The number of amidine groups is 1. The summed E-state index contributed by atoms with van der Waals surface area (Å²) in [5, 5.41) is 18.2. The maximum Gasteiger partial charge on any atom is 0.180 e. The van der Waals surface area contributed by atoms with Gasteiger partial charge in [0.05, 0.1) is 13.3 Å². The Labute approximate surface area is 157 Å². The number of rotatable bonds is 5. The standard InChI is InChI=1S/C16H15BrClN3O2S/c1-23-12-7-11(13(17)14(18)15(12)22)8-20-21-16(19)24-9-10-5-3-2-4-6-10/h2-8,22H,9H2,1H3,(H2,19,21). The highest BCUT2D eigenvalue weighted by atomic mass is 79.9. The Hall–Kier alpha value is -1.70. The van der Waals surface area contributed by atoms with Gasteiger partial charge in [0.15, 0.2) is 16.7 Å². The summed E-state index contributed by atoms with van der Waals surface area (Å²) in [4.78, 5) is 0. The fourth-order valence-corrected chi connectivity index (χ4v) is 2.99. The molecule has 0 aliphatic carbocycles. The van der Waals surface area contributed by atoms with E-state index in [0.29, 0.717) is 21.0 Å². The highest BCUT2D eigenvalue weighted by molar-refractivity contribution is 9.10. The second-order valence-corrected chi connectivity index (χ2v) is 6.77. The number of phenolic OH excluding ortho intramolecular Hbond substituents is 1. The van der Waals surface area contributed by atoms with Crippen molar-refractivity contribution < 1.29 is 9.84 Å².